The second-order valence-electron chi connectivity index (χ2n) is 7.67. The number of hydrogen-bond donors (Lipinski definition) is 2. The van der Waals surface area contributed by atoms with Gasteiger partial charge in [-0.3, -0.25) is 14.1 Å². The summed E-state index contributed by atoms with van der Waals surface area (Å²) in [6.45, 7) is 2.23. The van der Waals surface area contributed by atoms with Crippen LogP contribution in [0.2, 0.25) is 0 Å². The molecule has 0 saturated carbocycles. The summed E-state index contributed by atoms with van der Waals surface area (Å²) in [4.78, 5) is 23.4. The predicted molar refractivity (Wildman–Crippen MR) is 131 cm³/mol. The van der Waals surface area contributed by atoms with Crippen LogP contribution in [0.3, 0.4) is 0 Å². The van der Waals surface area contributed by atoms with Crippen LogP contribution < -0.4 is 5.73 Å². The topological polar surface area (TPSA) is 133 Å². The monoisotopic (exact) mass is 499 g/mol. The Hall–Kier alpha value is -3.53. The molecule has 0 bridgehead atoms. The minimum atomic E-state index is -4.02. The average Bonchev–Trinajstić information content (AvgIpc) is 2.86. The zero-order valence-corrected chi connectivity index (χ0v) is 20.2. The third-order valence-electron chi connectivity index (χ3n) is 4.75. The van der Waals surface area contributed by atoms with Crippen LogP contribution in [0.25, 0.3) is 0 Å². The Balaban J connectivity index is 0.000000328. The molecule has 35 heavy (non-hydrogen) atoms. The molecule has 0 fully saturated rings. The Morgan fingerprint density at radius 1 is 0.829 bits per heavy atom. The summed E-state index contributed by atoms with van der Waals surface area (Å²) in [6.07, 6.45) is 0.273. The molecule has 3 N–H and O–H groups in total. The molecule has 0 aliphatic heterocycles. The van der Waals surface area contributed by atoms with Crippen molar-refractivity contribution >= 4 is 22.1 Å². The molecule has 1 atom stereocenters. The molecule has 0 radical (unpaired) electrons. The van der Waals surface area contributed by atoms with E-state index in [1.165, 1.54) is 12.1 Å². The van der Waals surface area contributed by atoms with Gasteiger partial charge in [-0.25, -0.2) is 0 Å². The van der Waals surface area contributed by atoms with Crippen molar-refractivity contribution in [3.8, 4) is 0 Å². The maximum Gasteiger partial charge on any atom is 0.323 e. The Morgan fingerprint density at radius 2 is 1.31 bits per heavy atom. The fourth-order valence-electron chi connectivity index (χ4n) is 2.75. The van der Waals surface area contributed by atoms with Gasteiger partial charge in [0.1, 0.15) is 19.3 Å². The molecule has 0 heterocycles. The summed E-state index contributed by atoms with van der Waals surface area (Å²) in [6, 6.07) is 23.9. The number of ether oxygens (including phenoxy) is 2. The maximum absolute atomic E-state index is 11.8. The smallest absolute Gasteiger partial charge is 0.323 e. The average molecular weight is 500 g/mol. The molecule has 3 aromatic rings. The number of rotatable bonds is 9. The van der Waals surface area contributed by atoms with Crippen molar-refractivity contribution in [3.05, 3.63) is 102 Å². The first kappa shape index (κ1) is 27.7. The molecule has 8 nitrogen and oxygen atoms in total. The lowest BCUT2D eigenvalue weighted by Crippen LogP contribution is -2.32. The van der Waals surface area contributed by atoms with Gasteiger partial charge >= 0.3 is 11.9 Å². The van der Waals surface area contributed by atoms with Crippen molar-refractivity contribution in [2.45, 2.75) is 43.9 Å². The fraction of sp³-hybridized carbons (Fsp3) is 0.231. The van der Waals surface area contributed by atoms with E-state index in [1.54, 1.807) is 12.1 Å². The number of nitrogens with two attached hydrogens (primary N) is 1. The van der Waals surface area contributed by atoms with E-state index in [0.29, 0.717) is 0 Å². The van der Waals surface area contributed by atoms with Crippen molar-refractivity contribution in [2.24, 2.45) is 5.73 Å². The first-order valence-corrected chi connectivity index (χ1v) is 12.3. The molecule has 3 rings (SSSR count). The highest BCUT2D eigenvalue weighted by Gasteiger charge is 2.17. The van der Waals surface area contributed by atoms with Crippen molar-refractivity contribution in [1.82, 2.24) is 0 Å². The van der Waals surface area contributed by atoms with E-state index in [4.69, 9.17) is 19.8 Å². The summed E-state index contributed by atoms with van der Waals surface area (Å²) >= 11 is 0. The van der Waals surface area contributed by atoms with Crippen LogP contribution >= 0.6 is 0 Å². The van der Waals surface area contributed by atoms with Gasteiger partial charge in [-0.15, -0.1) is 0 Å². The second kappa shape index (κ2) is 14.0. The fourth-order valence-corrected chi connectivity index (χ4v) is 3.23. The molecule has 0 spiro atoms. The summed E-state index contributed by atoms with van der Waals surface area (Å²) in [5.41, 5.74) is 8.51. The normalized spacial score (nSPS) is 11.5. The van der Waals surface area contributed by atoms with Crippen molar-refractivity contribution in [2.75, 3.05) is 0 Å². The van der Waals surface area contributed by atoms with Crippen molar-refractivity contribution < 1.29 is 32.0 Å². The minimum absolute atomic E-state index is 0.0666. The van der Waals surface area contributed by atoms with Gasteiger partial charge in [0.2, 0.25) is 0 Å². The van der Waals surface area contributed by atoms with Crippen LogP contribution in [0, 0.1) is 6.92 Å². The molecule has 0 amide bonds. The first-order chi connectivity index (χ1) is 16.6. The van der Waals surface area contributed by atoms with E-state index in [2.05, 4.69) is 0 Å². The lowest BCUT2D eigenvalue weighted by Gasteiger charge is -2.11. The Kier molecular flexibility index (Phi) is 11.1. The maximum atomic E-state index is 11.8. The number of carbonyl (C=O) groups excluding carboxylic acids is 2. The van der Waals surface area contributed by atoms with Crippen LogP contribution in [0.1, 0.15) is 29.5 Å². The van der Waals surface area contributed by atoms with E-state index in [1.807, 2.05) is 67.6 Å². The lowest BCUT2D eigenvalue weighted by molar-refractivity contribution is -0.148. The SMILES string of the molecule is Cc1ccc(S(=O)(=O)O)cc1.N[C@@H](CCC(=O)OCc1ccccc1)C(=O)OCc1ccccc1. The zero-order valence-electron chi connectivity index (χ0n) is 19.4. The molecular weight excluding hydrogens is 470 g/mol. The molecule has 0 saturated heterocycles. The van der Waals surface area contributed by atoms with Gasteiger partial charge in [0.25, 0.3) is 10.1 Å². The highest BCUT2D eigenvalue weighted by Crippen LogP contribution is 2.09. The standard InChI is InChI=1S/C19H21NO4.C7H8O3S/c20-17(19(22)24-14-16-9-5-2-6-10-16)11-12-18(21)23-13-15-7-3-1-4-8-15;1-6-2-4-7(5-3-6)11(8,9)10/h1-10,17H,11-14,20H2;2-5H,1H3,(H,8,9,10)/t17-;/m0./s1. The zero-order chi connectivity index (χ0) is 25.7. The molecule has 0 aromatic heterocycles. The van der Waals surface area contributed by atoms with Gasteiger partial charge in [0.05, 0.1) is 4.90 Å². The third-order valence-corrected chi connectivity index (χ3v) is 5.62. The second-order valence-corrected chi connectivity index (χ2v) is 9.09. The Bertz CT molecular complexity index is 1170. The quantitative estimate of drug-likeness (QED) is 0.335. The van der Waals surface area contributed by atoms with Gasteiger partial charge in [-0.05, 0) is 36.6 Å². The Labute approximate surface area is 205 Å². The largest absolute Gasteiger partial charge is 0.461 e. The number of hydrogen-bond acceptors (Lipinski definition) is 7. The third kappa shape index (κ3) is 11.0. The van der Waals surface area contributed by atoms with Crippen LogP contribution in [0.15, 0.2) is 89.8 Å². The van der Waals surface area contributed by atoms with Gasteiger partial charge < -0.3 is 15.2 Å². The predicted octanol–water partition coefficient (Wildman–Crippen LogP) is 3.82. The lowest BCUT2D eigenvalue weighted by atomic mass is 10.1. The number of esters is 2. The highest BCUT2D eigenvalue weighted by molar-refractivity contribution is 7.85. The molecular formula is C26H29NO7S. The molecule has 0 aliphatic rings. The Morgan fingerprint density at radius 3 is 1.80 bits per heavy atom. The molecule has 9 heteroatoms. The molecule has 186 valence electrons. The van der Waals surface area contributed by atoms with Gasteiger partial charge in [0.15, 0.2) is 0 Å². The number of aryl methyl sites for hydroxylation is 1. The first-order valence-electron chi connectivity index (χ1n) is 10.8. The van der Waals surface area contributed by atoms with E-state index in [-0.39, 0.29) is 36.9 Å². The van der Waals surface area contributed by atoms with E-state index >= 15 is 0 Å². The van der Waals surface area contributed by atoms with Crippen molar-refractivity contribution in [1.29, 1.82) is 0 Å². The van der Waals surface area contributed by atoms with Crippen LogP contribution in [-0.2, 0) is 42.4 Å². The van der Waals surface area contributed by atoms with E-state index < -0.39 is 22.1 Å². The number of carbonyl (C=O) groups is 2. The van der Waals surface area contributed by atoms with Crippen LogP contribution in [0.4, 0.5) is 0 Å². The summed E-state index contributed by atoms with van der Waals surface area (Å²) in [7, 11) is -4.02. The minimum Gasteiger partial charge on any atom is -0.461 e. The van der Waals surface area contributed by atoms with Crippen LogP contribution in [-0.4, -0.2) is 31.0 Å². The molecule has 0 aliphatic carbocycles. The van der Waals surface area contributed by atoms with E-state index in [9.17, 15) is 18.0 Å². The summed E-state index contributed by atoms with van der Waals surface area (Å²) < 4.78 is 39.8. The van der Waals surface area contributed by atoms with Gasteiger partial charge in [0, 0.05) is 6.42 Å². The van der Waals surface area contributed by atoms with E-state index in [0.717, 1.165) is 16.7 Å². The van der Waals surface area contributed by atoms with Crippen LogP contribution in [0.5, 0.6) is 0 Å². The summed E-state index contributed by atoms with van der Waals surface area (Å²) in [5, 5.41) is 0. The highest BCUT2D eigenvalue weighted by atomic mass is 32.2. The molecule has 3 aromatic carbocycles. The summed E-state index contributed by atoms with van der Waals surface area (Å²) in [5.74, 6) is -0.903. The number of benzene rings is 3. The van der Waals surface area contributed by atoms with Crippen molar-refractivity contribution in [3.63, 3.8) is 0 Å². The van der Waals surface area contributed by atoms with Gasteiger partial charge in [-0.1, -0.05) is 78.4 Å². The van der Waals surface area contributed by atoms with Gasteiger partial charge in [-0.2, -0.15) is 8.42 Å². The molecule has 0 unspecified atom stereocenters.